The lowest BCUT2D eigenvalue weighted by Crippen LogP contribution is -2.01. The Morgan fingerprint density at radius 1 is 0.950 bits per heavy atom. The van der Waals surface area contributed by atoms with Gasteiger partial charge in [-0.2, -0.15) is 0 Å². The number of hydrogen-bond donors (Lipinski definition) is 0. The van der Waals surface area contributed by atoms with Crippen molar-refractivity contribution in [2.75, 3.05) is 0 Å². The van der Waals surface area contributed by atoms with Crippen molar-refractivity contribution in [1.82, 2.24) is 0 Å². The second kappa shape index (κ2) is 7.15. The second-order valence-corrected chi connectivity index (χ2v) is 7.15. The van der Waals surface area contributed by atoms with E-state index in [-0.39, 0.29) is 5.41 Å². The molecule has 1 aliphatic rings. The van der Waals surface area contributed by atoms with Crippen molar-refractivity contribution in [2.24, 2.45) is 5.41 Å². The van der Waals surface area contributed by atoms with Crippen LogP contribution in [0.4, 0.5) is 0 Å². The third-order valence-corrected chi connectivity index (χ3v) is 3.96. The molecule has 0 aromatic heterocycles. The SMILES string of the molecule is CC(C)(C)/C=C/c1ccc2c(c1)CCC[B]CCCC2. The Hall–Kier alpha value is -0.975. The standard InChI is InChI=1S/C19H28B/c1-19(2,3)12-11-16-9-10-17-7-4-5-13-20-14-6-8-18(17)15-16/h9-12,15H,4-8,13-14H2,1-3H3/b12-11+. The second-order valence-electron chi connectivity index (χ2n) is 7.15. The summed E-state index contributed by atoms with van der Waals surface area (Å²) in [6.07, 6.45) is 13.7. The van der Waals surface area contributed by atoms with Crippen LogP contribution in [0.5, 0.6) is 0 Å². The van der Waals surface area contributed by atoms with E-state index in [2.05, 4.69) is 58.4 Å². The Kier molecular flexibility index (Phi) is 5.51. The third kappa shape index (κ3) is 5.19. The Balaban J connectivity index is 2.16. The predicted molar refractivity (Wildman–Crippen MR) is 91.6 cm³/mol. The lowest BCUT2D eigenvalue weighted by Gasteiger charge is -2.14. The topological polar surface area (TPSA) is 0 Å². The van der Waals surface area contributed by atoms with Crippen molar-refractivity contribution in [3.63, 3.8) is 0 Å². The van der Waals surface area contributed by atoms with Gasteiger partial charge in [0.2, 0.25) is 0 Å². The lowest BCUT2D eigenvalue weighted by atomic mass is 9.67. The van der Waals surface area contributed by atoms with Gasteiger partial charge in [0.05, 0.1) is 0 Å². The Morgan fingerprint density at radius 2 is 1.70 bits per heavy atom. The quantitative estimate of drug-likeness (QED) is 0.585. The average molecular weight is 267 g/mol. The maximum Gasteiger partial charge on any atom is 0.109 e. The summed E-state index contributed by atoms with van der Waals surface area (Å²) in [5, 5.41) is 0. The fourth-order valence-electron chi connectivity index (χ4n) is 2.76. The first-order valence-electron chi connectivity index (χ1n) is 8.17. The molecule has 0 saturated carbocycles. The highest BCUT2D eigenvalue weighted by Crippen LogP contribution is 2.22. The lowest BCUT2D eigenvalue weighted by molar-refractivity contribution is 0.547. The Bertz CT molecular complexity index is 451. The number of allylic oxidation sites excluding steroid dienone is 1. The van der Waals surface area contributed by atoms with Crippen LogP contribution < -0.4 is 0 Å². The van der Waals surface area contributed by atoms with E-state index in [1.165, 1.54) is 50.3 Å². The van der Waals surface area contributed by atoms with E-state index >= 15 is 0 Å². The summed E-state index contributed by atoms with van der Waals surface area (Å²) in [7, 11) is 2.48. The molecule has 1 radical (unpaired) electrons. The summed E-state index contributed by atoms with van der Waals surface area (Å²) < 4.78 is 0. The van der Waals surface area contributed by atoms with E-state index in [1.54, 1.807) is 11.1 Å². The van der Waals surface area contributed by atoms with Gasteiger partial charge in [0, 0.05) is 0 Å². The molecular weight excluding hydrogens is 239 g/mol. The molecular formula is C19H28B. The van der Waals surface area contributed by atoms with Gasteiger partial charge in [-0.1, -0.05) is 76.6 Å². The molecule has 0 saturated heterocycles. The fraction of sp³-hybridized carbons (Fsp3) is 0.579. The van der Waals surface area contributed by atoms with Crippen LogP contribution in [0.15, 0.2) is 24.3 Å². The van der Waals surface area contributed by atoms with Crippen LogP contribution in [0.1, 0.15) is 56.7 Å². The first kappa shape index (κ1) is 15.4. The van der Waals surface area contributed by atoms with Gasteiger partial charge in [0.15, 0.2) is 0 Å². The molecule has 0 aliphatic carbocycles. The molecule has 1 heteroatoms. The summed E-state index contributed by atoms with van der Waals surface area (Å²) in [6.45, 7) is 6.75. The van der Waals surface area contributed by atoms with E-state index < -0.39 is 0 Å². The van der Waals surface area contributed by atoms with Gasteiger partial charge in [-0.15, -0.1) is 0 Å². The van der Waals surface area contributed by atoms with E-state index in [1.807, 2.05) is 0 Å². The van der Waals surface area contributed by atoms with Gasteiger partial charge < -0.3 is 0 Å². The molecule has 0 fully saturated rings. The molecule has 0 spiro atoms. The molecule has 2 rings (SSSR count). The molecule has 107 valence electrons. The Labute approximate surface area is 125 Å². The van der Waals surface area contributed by atoms with Crippen LogP contribution in [0.2, 0.25) is 12.6 Å². The number of hydrogen-bond acceptors (Lipinski definition) is 0. The fourth-order valence-corrected chi connectivity index (χ4v) is 2.76. The minimum atomic E-state index is 0.259. The monoisotopic (exact) mass is 267 g/mol. The summed E-state index contributed by atoms with van der Waals surface area (Å²) >= 11 is 0. The highest BCUT2D eigenvalue weighted by Gasteiger charge is 2.07. The van der Waals surface area contributed by atoms with Crippen LogP contribution in [-0.2, 0) is 12.8 Å². The average Bonchev–Trinajstić information content (AvgIpc) is 2.41. The molecule has 0 atom stereocenters. The number of fused-ring (bicyclic) bond motifs is 1. The van der Waals surface area contributed by atoms with Crippen molar-refractivity contribution in [1.29, 1.82) is 0 Å². The molecule has 0 amide bonds. The summed E-state index contributed by atoms with van der Waals surface area (Å²) in [5.74, 6) is 0. The Morgan fingerprint density at radius 3 is 2.50 bits per heavy atom. The zero-order valence-corrected chi connectivity index (χ0v) is 13.4. The van der Waals surface area contributed by atoms with E-state index in [9.17, 15) is 0 Å². The minimum Gasteiger partial charge on any atom is -0.0803 e. The van der Waals surface area contributed by atoms with Crippen molar-refractivity contribution in [3.05, 3.63) is 41.0 Å². The molecule has 1 aromatic carbocycles. The van der Waals surface area contributed by atoms with Gasteiger partial charge in [-0.05, 0) is 41.4 Å². The summed E-state index contributed by atoms with van der Waals surface area (Å²) in [5.41, 5.74) is 4.78. The summed E-state index contributed by atoms with van der Waals surface area (Å²) in [6, 6.07) is 7.07. The zero-order chi connectivity index (χ0) is 14.4. The van der Waals surface area contributed by atoms with Gasteiger partial charge in [-0.25, -0.2) is 0 Å². The van der Waals surface area contributed by atoms with Crippen LogP contribution >= 0.6 is 0 Å². The number of rotatable bonds is 1. The van der Waals surface area contributed by atoms with Crippen LogP contribution in [0.25, 0.3) is 6.08 Å². The van der Waals surface area contributed by atoms with Crippen LogP contribution in [0.3, 0.4) is 0 Å². The molecule has 1 aromatic rings. The van der Waals surface area contributed by atoms with E-state index in [4.69, 9.17) is 0 Å². The molecule has 0 unspecified atom stereocenters. The van der Waals surface area contributed by atoms with Gasteiger partial charge >= 0.3 is 0 Å². The van der Waals surface area contributed by atoms with E-state index in [0.717, 1.165) is 0 Å². The maximum atomic E-state index is 2.48. The van der Waals surface area contributed by atoms with Crippen LogP contribution in [0, 0.1) is 5.41 Å². The maximum absolute atomic E-state index is 2.48. The summed E-state index contributed by atoms with van der Waals surface area (Å²) in [4.78, 5) is 0. The number of aryl methyl sites for hydroxylation is 2. The highest BCUT2D eigenvalue weighted by atomic mass is 14.1. The van der Waals surface area contributed by atoms with E-state index in [0.29, 0.717) is 0 Å². The first-order chi connectivity index (χ1) is 9.54. The highest BCUT2D eigenvalue weighted by molar-refractivity contribution is 6.35. The van der Waals surface area contributed by atoms with Gasteiger partial charge in [0.1, 0.15) is 7.28 Å². The largest absolute Gasteiger partial charge is 0.109 e. The van der Waals surface area contributed by atoms with Gasteiger partial charge in [0.25, 0.3) is 0 Å². The van der Waals surface area contributed by atoms with Gasteiger partial charge in [-0.3, -0.25) is 0 Å². The van der Waals surface area contributed by atoms with Crippen molar-refractivity contribution >= 4 is 13.4 Å². The molecule has 0 nitrogen and oxygen atoms in total. The zero-order valence-electron chi connectivity index (χ0n) is 13.4. The van der Waals surface area contributed by atoms with Crippen molar-refractivity contribution in [3.8, 4) is 0 Å². The predicted octanol–water partition coefficient (Wildman–Crippen LogP) is 5.56. The van der Waals surface area contributed by atoms with Crippen LogP contribution in [-0.4, -0.2) is 7.28 Å². The first-order valence-corrected chi connectivity index (χ1v) is 8.17. The minimum absolute atomic E-state index is 0.259. The molecule has 20 heavy (non-hydrogen) atoms. The molecule has 0 N–H and O–H groups in total. The van der Waals surface area contributed by atoms with Crippen molar-refractivity contribution in [2.45, 2.75) is 65.5 Å². The molecule has 0 bridgehead atoms. The molecule has 1 heterocycles. The smallest absolute Gasteiger partial charge is 0.0803 e. The molecule has 1 aliphatic heterocycles. The van der Waals surface area contributed by atoms with Crippen molar-refractivity contribution < 1.29 is 0 Å². The normalized spacial score (nSPS) is 17.6. The number of benzene rings is 1. The third-order valence-electron chi connectivity index (χ3n) is 3.96.